The number of rotatable bonds is 8. The molecule has 1 unspecified atom stereocenters. The molecule has 6 heteroatoms. The Morgan fingerprint density at radius 3 is 2.71 bits per heavy atom. The smallest absolute Gasteiger partial charge is 0.193 e. The van der Waals surface area contributed by atoms with Crippen molar-refractivity contribution < 1.29 is 14.2 Å². The van der Waals surface area contributed by atoms with Crippen molar-refractivity contribution in [1.82, 2.24) is 10.2 Å². The molecule has 0 amide bonds. The molecule has 2 aliphatic rings. The van der Waals surface area contributed by atoms with E-state index in [9.17, 15) is 0 Å². The fraction of sp³-hybridized carbons (Fsp3) is 0.682. The van der Waals surface area contributed by atoms with Gasteiger partial charge in [-0.05, 0) is 57.7 Å². The highest BCUT2D eigenvalue weighted by atomic mass is 16.5. The van der Waals surface area contributed by atoms with Crippen LogP contribution in [0.1, 0.15) is 39.2 Å². The van der Waals surface area contributed by atoms with Gasteiger partial charge >= 0.3 is 0 Å². The van der Waals surface area contributed by atoms with Crippen molar-refractivity contribution in [3.05, 3.63) is 23.8 Å². The minimum Gasteiger partial charge on any atom is -0.490 e. The van der Waals surface area contributed by atoms with Gasteiger partial charge in [0.15, 0.2) is 17.5 Å². The molecule has 1 N–H and O–H groups in total. The molecule has 0 aliphatic carbocycles. The third-order valence-electron chi connectivity index (χ3n) is 5.53. The van der Waals surface area contributed by atoms with Crippen LogP contribution in [0.3, 0.4) is 0 Å². The van der Waals surface area contributed by atoms with Crippen LogP contribution >= 0.6 is 0 Å². The molecule has 3 rings (SSSR count). The summed E-state index contributed by atoms with van der Waals surface area (Å²) >= 11 is 0. The van der Waals surface area contributed by atoms with Crippen molar-refractivity contribution in [2.45, 2.75) is 40.0 Å². The van der Waals surface area contributed by atoms with Crippen LogP contribution in [-0.2, 0) is 11.2 Å². The number of benzene rings is 1. The van der Waals surface area contributed by atoms with Crippen molar-refractivity contribution in [2.24, 2.45) is 10.4 Å². The minimum absolute atomic E-state index is 0.345. The third-order valence-corrected chi connectivity index (χ3v) is 5.53. The molecule has 1 spiro atoms. The van der Waals surface area contributed by atoms with Crippen LogP contribution in [0.5, 0.6) is 11.5 Å². The molecule has 0 bridgehead atoms. The largest absolute Gasteiger partial charge is 0.490 e. The lowest BCUT2D eigenvalue weighted by Crippen LogP contribution is -2.41. The molecule has 0 saturated carbocycles. The normalized spacial score (nSPS) is 22.1. The van der Waals surface area contributed by atoms with Gasteiger partial charge in [0.2, 0.25) is 0 Å². The maximum Gasteiger partial charge on any atom is 0.193 e. The van der Waals surface area contributed by atoms with E-state index in [0.717, 1.165) is 63.3 Å². The van der Waals surface area contributed by atoms with E-state index in [2.05, 4.69) is 29.3 Å². The van der Waals surface area contributed by atoms with Gasteiger partial charge in [-0.15, -0.1) is 0 Å². The number of nitrogens with zero attached hydrogens (tertiary/aromatic N) is 2. The summed E-state index contributed by atoms with van der Waals surface area (Å²) in [6.45, 7) is 12.9. The monoisotopic (exact) mass is 389 g/mol. The summed E-state index contributed by atoms with van der Waals surface area (Å²) in [5, 5.41) is 3.47. The molecule has 2 fully saturated rings. The van der Waals surface area contributed by atoms with Crippen molar-refractivity contribution in [2.75, 3.05) is 52.6 Å². The molecule has 0 aromatic heterocycles. The van der Waals surface area contributed by atoms with Crippen LogP contribution in [0.2, 0.25) is 0 Å². The molecule has 2 heterocycles. The number of nitrogens with one attached hydrogen (secondary N) is 1. The Morgan fingerprint density at radius 2 is 2.00 bits per heavy atom. The van der Waals surface area contributed by atoms with E-state index in [1.807, 2.05) is 19.9 Å². The zero-order valence-electron chi connectivity index (χ0n) is 17.6. The Kier molecular flexibility index (Phi) is 7.43. The van der Waals surface area contributed by atoms with Gasteiger partial charge in [-0.1, -0.05) is 6.07 Å². The zero-order valence-corrected chi connectivity index (χ0v) is 17.6. The first-order chi connectivity index (χ1) is 13.7. The van der Waals surface area contributed by atoms with Gasteiger partial charge in [-0.2, -0.15) is 0 Å². The lowest BCUT2D eigenvalue weighted by molar-refractivity contribution is 0.156. The standard InChI is InChI=1S/C22H35N3O3/c1-4-23-21(25-13-10-22(16-25)11-14-26-17-22)24-12-9-18-7-8-19(27-5-2)20(15-18)28-6-3/h7-8,15H,4-6,9-14,16-17H2,1-3H3,(H,23,24). The van der Waals surface area contributed by atoms with Gasteiger partial charge in [-0.25, -0.2) is 0 Å². The molecule has 6 nitrogen and oxygen atoms in total. The Hall–Kier alpha value is -1.95. The van der Waals surface area contributed by atoms with Gasteiger partial charge in [-0.3, -0.25) is 4.99 Å². The lowest BCUT2D eigenvalue weighted by atomic mass is 9.87. The molecular weight excluding hydrogens is 354 g/mol. The molecule has 156 valence electrons. The highest BCUT2D eigenvalue weighted by molar-refractivity contribution is 5.80. The molecule has 2 saturated heterocycles. The number of hydrogen-bond donors (Lipinski definition) is 1. The Labute approximate surface area is 169 Å². The first-order valence-corrected chi connectivity index (χ1v) is 10.7. The number of aliphatic imine (C=N–C) groups is 1. The molecule has 28 heavy (non-hydrogen) atoms. The molecule has 1 aromatic rings. The van der Waals surface area contributed by atoms with Crippen LogP contribution < -0.4 is 14.8 Å². The van der Waals surface area contributed by atoms with E-state index in [1.54, 1.807) is 0 Å². The van der Waals surface area contributed by atoms with Crippen LogP contribution in [0.15, 0.2) is 23.2 Å². The second kappa shape index (κ2) is 10.0. The minimum atomic E-state index is 0.345. The molecule has 2 aliphatic heterocycles. The average Bonchev–Trinajstić information content (AvgIpc) is 3.33. The SMILES string of the molecule is CCNC(=NCCc1ccc(OCC)c(OCC)c1)N1CCC2(CCOC2)C1. The van der Waals surface area contributed by atoms with Crippen LogP contribution in [0.25, 0.3) is 0 Å². The lowest BCUT2D eigenvalue weighted by Gasteiger charge is -2.25. The quantitative estimate of drug-likeness (QED) is 0.547. The van der Waals surface area contributed by atoms with Gasteiger partial charge in [0.25, 0.3) is 0 Å². The van der Waals surface area contributed by atoms with E-state index in [-0.39, 0.29) is 0 Å². The van der Waals surface area contributed by atoms with Crippen LogP contribution in [0.4, 0.5) is 0 Å². The summed E-state index contributed by atoms with van der Waals surface area (Å²) in [6.07, 6.45) is 3.26. The third kappa shape index (κ3) is 5.10. The van der Waals surface area contributed by atoms with Gasteiger partial charge in [0.05, 0.1) is 19.8 Å². The summed E-state index contributed by atoms with van der Waals surface area (Å²) in [4.78, 5) is 7.30. The molecular formula is C22H35N3O3. The molecule has 0 radical (unpaired) electrons. The summed E-state index contributed by atoms with van der Waals surface area (Å²) in [5.41, 5.74) is 1.56. The van der Waals surface area contributed by atoms with E-state index in [1.165, 1.54) is 18.4 Å². The van der Waals surface area contributed by atoms with Gasteiger partial charge in [0, 0.05) is 38.2 Å². The van der Waals surface area contributed by atoms with Crippen LogP contribution in [-0.4, -0.2) is 63.5 Å². The van der Waals surface area contributed by atoms with Crippen molar-refractivity contribution in [1.29, 1.82) is 0 Å². The van der Waals surface area contributed by atoms with E-state index in [0.29, 0.717) is 18.6 Å². The fourth-order valence-corrected chi connectivity index (χ4v) is 4.06. The van der Waals surface area contributed by atoms with Crippen LogP contribution in [0, 0.1) is 5.41 Å². The number of ether oxygens (including phenoxy) is 3. The summed E-state index contributed by atoms with van der Waals surface area (Å²) in [6, 6.07) is 6.19. The van der Waals surface area contributed by atoms with E-state index < -0.39 is 0 Å². The highest BCUT2D eigenvalue weighted by Gasteiger charge is 2.42. The predicted octanol–water partition coefficient (Wildman–Crippen LogP) is 3.10. The first kappa shape index (κ1) is 20.8. The summed E-state index contributed by atoms with van der Waals surface area (Å²) in [5.74, 6) is 2.66. The van der Waals surface area contributed by atoms with E-state index in [4.69, 9.17) is 19.2 Å². The Balaban J connectivity index is 1.61. The predicted molar refractivity (Wildman–Crippen MR) is 113 cm³/mol. The maximum absolute atomic E-state index is 5.74. The molecule has 1 atom stereocenters. The summed E-state index contributed by atoms with van der Waals surface area (Å²) < 4.78 is 17.0. The number of guanidine groups is 1. The van der Waals surface area contributed by atoms with Crippen molar-refractivity contribution in [3.63, 3.8) is 0 Å². The number of likely N-dealkylation sites (tertiary alicyclic amines) is 1. The van der Waals surface area contributed by atoms with Crippen molar-refractivity contribution >= 4 is 5.96 Å². The topological polar surface area (TPSA) is 55.3 Å². The Morgan fingerprint density at radius 1 is 1.18 bits per heavy atom. The second-order valence-corrected chi connectivity index (χ2v) is 7.61. The first-order valence-electron chi connectivity index (χ1n) is 10.7. The van der Waals surface area contributed by atoms with Gasteiger partial charge < -0.3 is 24.4 Å². The van der Waals surface area contributed by atoms with Gasteiger partial charge in [0.1, 0.15) is 0 Å². The summed E-state index contributed by atoms with van der Waals surface area (Å²) in [7, 11) is 0. The average molecular weight is 390 g/mol. The van der Waals surface area contributed by atoms with E-state index >= 15 is 0 Å². The highest BCUT2D eigenvalue weighted by Crippen LogP contribution is 2.38. The number of hydrogen-bond acceptors (Lipinski definition) is 4. The fourth-order valence-electron chi connectivity index (χ4n) is 4.06. The van der Waals surface area contributed by atoms with Crippen molar-refractivity contribution in [3.8, 4) is 11.5 Å². The second-order valence-electron chi connectivity index (χ2n) is 7.61. The maximum atomic E-state index is 5.74. The Bertz CT molecular complexity index is 656. The molecule has 1 aromatic carbocycles. The zero-order chi connectivity index (χ0) is 19.8.